The summed E-state index contributed by atoms with van der Waals surface area (Å²) in [6.07, 6.45) is 0. The lowest BCUT2D eigenvalue weighted by Gasteiger charge is -1.97. The Morgan fingerprint density at radius 2 is 2.27 bits per heavy atom. The number of carbonyl (C=O) groups is 1. The van der Waals surface area contributed by atoms with E-state index in [9.17, 15) is 4.79 Å². The number of benzene rings is 1. The number of nitrogens with one attached hydrogen (secondary N) is 1. The van der Waals surface area contributed by atoms with E-state index in [0.29, 0.717) is 5.56 Å². The fourth-order valence-electron chi connectivity index (χ4n) is 1.76. The van der Waals surface area contributed by atoms with Crippen LogP contribution in [0.1, 0.15) is 16.1 Å². The van der Waals surface area contributed by atoms with Crippen molar-refractivity contribution in [3.63, 3.8) is 0 Å². The van der Waals surface area contributed by atoms with Gasteiger partial charge in [0.25, 0.3) is 0 Å². The lowest BCUT2D eigenvalue weighted by atomic mass is 10.1. The number of Topliss-reactive ketones (excluding diaryl/α,β-unsaturated/α-hetero) is 1. The van der Waals surface area contributed by atoms with Gasteiger partial charge in [0.2, 0.25) is 0 Å². The summed E-state index contributed by atoms with van der Waals surface area (Å²) < 4.78 is 0.958. The molecule has 0 spiro atoms. The standard InChI is InChI=1S/C11H11BrN2O/c1-6-11(10(15)5-13)8-4-7(12)2-3-9(8)14-6/h2-4,14H,5,13H2,1H3. The van der Waals surface area contributed by atoms with Crippen molar-refractivity contribution in [2.45, 2.75) is 6.92 Å². The van der Waals surface area contributed by atoms with Gasteiger partial charge in [-0.15, -0.1) is 0 Å². The van der Waals surface area contributed by atoms with Crippen LogP contribution in [0.4, 0.5) is 0 Å². The van der Waals surface area contributed by atoms with E-state index in [4.69, 9.17) is 5.73 Å². The van der Waals surface area contributed by atoms with Gasteiger partial charge in [-0.1, -0.05) is 15.9 Å². The predicted octanol–water partition coefficient (Wildman–Crippen LogP) is 2.38. The molecule has 78 valence electrons. The van der Waals surface area contributed by atoms with Gasteiger partial charge in [0.15, 0.2) is 5.78 Å². The first-order valence-corrected chi connectivity index (χ1v) is 5.44. The third kappa shape index (κ3) is 1.70. The zero-order valence-corrected chi connectivity index (χ0v) is 9.89. The van der Waals surface area contributed by atoms with Crippen molar-refractivity contribution in [2.75, 3.05) is 6.54 Å². The van der Waals surface area contributed by atoms with Gasteiger partial charge in [0.05, 0.1) is 6.54 Å². The number of rotatable bonds is 2. The summed E-state index contributed by atoms with van der Waals surface area (Å²) in [6.45, 7) is 1.93. The van der Waals surface area contributed by atoms with Crippen LogP contribution >= 0.6 is 15.9 Å². The molecule has 1 aromatic carbocycles. The first kappa shape index (κ1) is 10.4. The maximum Gasteiger partial charge on any atom is 0.178 e. The number of fused-ring (bicyclic) bond motifs is 1. The number of hydrogen-bond acceptors (Lipinski definition) is 2. The minimum atomic E-state index is -0.0307. The molecule has 0 unspecified atom stereocenters. The van der Waals surface area contributed by atoms with Gasteiger partial charge in [-0.2, -0.15) is 0 Å². The van der Waals surface area contributed by atoms with Crippen molar-refractivity contribution in [1.29, 1.82) is 0 Å². The van der Waals surface area contributed by atoms with E-state index in [1.807, 2.05) is 25.1 Å². The Labute approximate surface area is 95.8 Å². The molecular formula is C11H11BrN2O. The molecule has 1 heterocycles. The predicted molar refractivity (Wildman–Crippen MR) is 64.1 cm³/mol. The molecule has 1 aromatic heterocycles. The Hall–Kier alpha value is -1.13. The summed E-state index contributed by atoms with van der Waals surface area (Å²) in [4.78, 5) is 14.8. The Balaban J connectivity index is 2.76. The number of aromatic amines is 1. The summed E-state index contributed by atoms with van der Waals surface area (Å²) in [6, 6.07) is 5.82. The number of H-pyrrole nitrogens is 1. The molecule has 0 amide bonds. The van der Waals surface area contributed by atoms with Crippen molar-refractivity contribution in [2.24, 2.45) is 5.73 Å². The van der Waals surface area contributed by atoms with Crippen LogP contribution < -0.4 is 5.73 Å². The van der Waals surface area contributed by atoms with Gasteiger partial charge in [0, 0.05) is 26.6 Å². The van der Waals surface area contributed by atoms with E-state index in [1.165, 1.54) is 0 Å². The van der Waals surface area contributed by atoms with E-state index in [2.05, 4.69) is 20.9 Å². The Bertz CT molecular complexity index is 531. The van der Waals surface area contributed by atoms with Crippen molar-refractivity contribution in [1.82, 2.24) is 4.98 Å². The van der Waals surface area contributed by atoms with Crippen molar-refractivity contribution >= 4 is 32.6 Å². The molecule has 3 N–H and O–H groups in total. The zero-order chi connectivity index (χ0) is 11.0. The SMILES string of the molecule is Cc1[nH]c2ccc(Br)cc2c1C(=O)CN. The van der Waals surface area contributed by atoms with Crippen LogP contribution in [0.15, 0.2) is 22.7 Å². The largest absolute Gasteiger partial charge is 0.358 e. The van der Waals surface area contributed by atoms with E-state index < -0.39 is 0 Å². The van der Waals surface area contributed by atoms with Gasteiger partial charge in [0.1, 0.15) is 0 Å². The quantitative estimate of drug-likeness (QED) is 0.821. The molecule has 0 radical (unpaired) electrons. The maximum atomic E-state index is 11.7. The Morgan fingerprint density at radius 3 is 2.93 bits per heavy atom. The number of carbonyl (C=O) groups excluding carboxylic acids is 1. The molecule has 0 fully saturated rings. The topological polar surface area (TPSA) is 58.9 Å². The van der Waals surface area contributed by atoms with E-state index in [0.717, 1.165) is 21.1 Å². The number of aromatic nitrogens is 1. The molecule has 0 aliphatic carbocycles. The van der Waals surface area contributed by atoms with E-state index in [-0.39, 0.29) is 12.3 Å². The van der Waals surface area contributed by atoms with Crippen LogP contribution in [-0.2, 0) is 0 Å². The molecule has 4 heteroatoms. The second-order valence-electron chi connectivity index (χ2n) is 3.44. The molecule has 0 bridgehead atoms. The lowest BCUT2D eigenvalue weighted by molar-refractivity contribution is 0.100. The molecule has 0 aliphatic heterocycles. The molecule has 3 nitrogen and oxygen atoms in total. The summed E-state index contributed by atoms with van der Waals surface area (Å²) in [5.41, 5.74) is 7.93. The van der Waals surface area contributed by atoms with Crippen molar-refractivity contribution in [3.8, 4) is 0 Å². The zero-order valence-electron chi connectivity index (χ0n) is 8.30. The number of aryl methyl sites for hydroxylation is 1. The number of ketones is 1. The summed E-state index contributed by atoms with van der Waals surface area (Å²) >= 11 is 3.39. The van der Waals surface area contributed by atoms with Crippen LogP contribution in [0, 0.1) is 6.92 Å². The van der Waals surface area contributed by atoms with Crippen LogP contribution in [0.3, 0.4) is 0 Å². The lowest BCUT2D eigenvalue weighted by Crippen LogP contribution is -2.14. The smallest absolute Gasteiger partial charge is 0.178 e. The van der Waals surface area contributed by atoms with Crippen LogP contribution in [0.2, 0.25) is 0 Å². The maximum absolute atomic E-state index is 11.7. The molecule has 0 atom stereocenters. The highest BCUT2D eigenvalue weighted by Gasteiger charge is 2.14. The average Bonchev–Trinajstić information content (AvgIpc) is 2.52. The van der Waals surface area contributed by atoms with Crippen LogP contribution in [0.25, 0.3) is 10.9 Å². The fourth-order valence-corrected chi connectivity index (χ4v) is 2.12. The Morgan fingerprint density at radius 1 is 1.53 bits per heavy atom. The van der Waals surface area contributed by atoms with Gasteiger partial charge in [-0.25, -0.2) is 0 Å². The second-order valence-corrected chi connectivity index (χ2v) is 4.36. The summed E-state index contributed by atoms with van der Waals surface area (Å²) in [7, 11) is 0. The molecule has 15 heavy (non-hydrogen) atoms. The summed E-state index contributed by atoms with van der Waals surface area (Å²) in [5.74, 6) is -0.0307. The molecule has 0 saturated heterocycles. The third-order valence-corrected chi connectivity index (χ3v) is 2.91. The first-order chi connectivity index (χ1) is 7.13. The van der Waals surface area contributed by atoms with Crippen molar-refractivity contribution in [3.05, 3.63) is 33.9 Å². The van der Waals surface area contributed by atoms with Gasteiger partial charge >= 0.3 is 0 Å². The highest BCUT2D eigenvalue weighted by atomic mass is 79.9. The van der Waals surface area contributed by atoms with E-state index in [1.54, 1.807) is 0 Å². The van der Waals surface area contributed by atoms with E-state index >= 15 is 0 Å². The number of hydrogen-bond donors (Lipinski definition) is 2. The minimum Gasteiger partial charge on any atom is -0.358 e. The van der Waals surface area contributed by atoms with Gasteiger partial charge in [-0.05, 0) is 25.1 Å². The first-order valence-electron chi connectivity index (χ1n) is 4.64. The molecular weight excluding hydrogens is 256 g/mol. The molecule has 2 aromatic rings. The normalized spacial score (nSPS) is 10.9. The molecule has 0 saturated carbocycles. The van der Waals surface area contributed by atoms with Crippen molar-refractivity contribution < 1.29 is 4.79 Å². The highest BCUT2D eigenvalue weighted by molar-refractivity contribution is 9.10. The minimum absolute atomic E-state index is 0.0307. The van der Waals surface area contributed by atoms with Gasteiger partial charge < -0.3 is 10.7 Å². The second kappa shape index (κ2) is 3.79. The number of nitrogens with two attached hydrogens (primary N) is 1. The summed E-state index contributed by atoms with van der Waals surface area (Å²) in [5, 5.41) is 0.928. The third-order valence-electron chi connectivity index (χ3n) is 2.41. The highest BCUT2D eigenvalue weighted by Crippen LogP contribution is 2.25. The molecule has 0 aliphatic rings. The average molecular weight is 267 g/mol. The molecule has 2 rings (SSSR count). The van der Waals surface area contributed by atoms with Gasteiger partial charge in [-0.3, -0.25) is 4.79 Å². The van der Waals surface area contributed by atoms with Crippen LogP contribution in [-0.4, -0.2) is 17.3 Å². The van der Waals surface area contributed by atoms with Crippen LogP contribution in [0.5, 0.6) is 0 Å². The Kier molecular flexibility index (Phi) is 2.63. The fraction of sp³-hybridized carbons (Fsp3) is 0.182. The monoisotopic (exact) mass is 266 g/mol. The number of halogens is 1.